The molecule has 1 saturated carbocycles. The third kappa shape index (κ3) is 6.22. The number of hydrogen-bond donors (Lipinski definition) is 1. The van der Waals surface area contributed by atoms with E-state index in [1.54, 1.807) is 6.08 Å². The zero-order valence-electron chi connectivity index (χ0n) is 16.5. The normalized spacial score (nSPS) is 23.5. The Morgan fingerprint density at radius 2 is 2.04 bits per heavy atom. The zero-order valence-corrected chi connectivity index (χ0v) is 16.5. The number of rotatable bonds is 4. The topological polar surface area (TPSA) is 62.1 Å². The molecule has 1 aliphatic rings. The van der Waals surface area contributed by atoms with Crippen LogP contribution in [0.2, 0.25) is 0 Å². The molecule has 1 N–H and O–H groups in total. The molecule has 1 aromatic carbocycles. The van der Waals surface area contributed by atoms with Crippen molar-refractivity contribution in [3.8, 4) is 6.07 Å². The molecule has 0 saturated heterocycles. The van der Waals surface area contributed by atoms with Gasteiger partial charge >= 0.3 is 5.97 Å². The van der Waals surface area contributed by atoms with E-state index in [0.29, 0.717) is 23.4 Å². The van der Waals surface area contributed by atoms with E-state index >= 15 is 0 Å². The third-order valence-corrected chi connectivity index (χ3v) is 4.62. The molecular formula is C22H30N2O2. The average Bonchev–Trinajstić information content (AvgIpc) is 2.53. The van der Waals surface area contributed by atoms with E-state index < -0.39 is 5.60 Å². The second kappa shape index (κ2) is 8.40. The maximum absolute atomic E-state index is 11.9. The Labute approximate surface area is 157 Å². The van der Waals surface area contributed by atoms with Crippen LogP contribution in [0.15, 0.2) is 30.4 Å². The number of nitrogens with one attached hydrogen (secondary N) is 1. The summed E-state index contributed by atoms with van der Waals surface area (Å²) in [6.07, 6.45) is 6.71. The number of aryl methyl sites for hydroxylation is 1. The maximum Gasteiger partial charge on any atom is 0.330 e. The molecule has 0 aromatic heterocycles. The molecule has 4 nitrogen and oxygen atoms in total. The van der Waals surface area contributed by atoms with Gasteiger partial charge in [-0.3, -0.25) is 0 Å². The number of benzene rings is 1. The van der Waals surface area contributed by atoms with Crippen molar-refractivity contribution < 1.29 is 9.53 Å². The second-order valence-corrected chi connectivity index (χ2v) is 8.45. The smallest absolute Gasteiger partial charge is 0.330 e. The summed E-state index contributed by atoms with van der Waals surface area (Å²) in [4.78, 5) is 11.9. The van der Waals surface area contributed by atoms with Crippen LogP contribution in [0.5, 0.6) is 0 Å². The van der Waals surface area contributed by atoms with E-state index in [1.807, 2.05) is 52.0 Å². The largest absolute Gasteiger partial charge is 0.457 e. The van der Waals surface area contributed by atoms with Crippen LogP contribution >= 0.6 is 0 Å². The number of ether oxygens (including phenoxy) is 1. The summed E-state index contributed by atoms with van der Waals surface area (Å²) in [5, 5.41) is 12.8. The van der Waals surface area contributed by atoms with E-state index in [0.717, 1.165) is 30.5 Å². The quantitative estimate of drug-likeness (QED) is 0.612. The molecule has 1 unspecified atom stereocenters. The summed E-state index contributed by atoms with van der Waals surface area (Å²) in [7, 11) is 0. The SMILES string of the molecule is Cc1ccc(N[C@H]2CC(/C=C/C(=O)OC(C)(C)C)C[C@@H](C)C2)cc1C#N. The molecule has 1 aliphatic carbocycles. The van der Waals surface area contributed by atoms with E-state index in [1.165, 1.54) is 0 Å². The molecule has 1 aromatic rings. The van der Waals surface area contributed by atoms with Gasteiger partial charge in [-0.15, -0.1) is 0 Å². The van der Waals surface area contributed by atoms with Crippen LogP contribution in [0.25, 0.3) is 0 Å². The van der Waals surface area contributed by atoms with Crippen LogP contribution in [0.1, 0.15) is 58.1 Å². The van der Waals surface area contributed by atoms with E-state index in [4.69, 9.17) is 4.74 Å². The minimum atomic E-state index is -0.463. The van der Waals surface area contributed by atoms with Crippen molar-refractivity contribution in [2.75, 3.05) is 5.32 Å². The minimum absolute atomic E-state index is 0.280. The Balaban J connectivity index is 1.99. The standard InChI is InChI=1S/C22H30N2O2/c1-15-10-17(7-9-21(25)26-22(3,4)5)12-20(11-15)24-19-8-6-16(2)18(13-19)14-23/h6-9,13,15,17,20,24H,10-12H2,1-5H3/b9-7+/t15-,17?,20-/m1/s1. The fraction of sp³-hybridized carbons (Fsp3) is 0.545. The molecule has 26 heavy (non-hydrogen) atoms. The summed E-state index contributed by atoms with van der Waals surface area (Å²) in [5.74, 6) is 0.650. The van der Waals surface area contributed by atoms with Gasteiger partial charge in [-0.05, 0) is 76.5 Å². The molecule has 2 rings (SSSR count). The molecule has 0 aliphatic heterocycles. The van der Waals surface area contributed by atoms with Crippen molar-refractivity contribution in [3.63, 3.8) is 0 Å². The molecule has 4 heteroatoms. The van der Waals surface area contributed by atoms with Crippen molar-refractivity contribution >= 4 is 11.7 Å². The van der Waals surface area contributed by atoms with Crippen molar-refractivity contribution in [2.45, 2.75) is 65.5 Å². The lowest BCUT2D eigenvalue weighted by molar-refractivity contribution is -0.148. The predicted octanol–water partition coefficient (Wildman–Crippen LogP) is 4.98. The summed E-state index contributed by atoms with van der Waals surface area (Å²) in [5.41, 5.74) is 2.23. The Morgan fingerprint density at radius 3 is 2.69 bits per heavy atom. The highest BCUT2D eigenvalue weighted by atomic mass is 16.6. The van der Waals surface area contributed by atoms with Crippen LogP contribution in [0.3, 0.4) is 0 Å². The first-order valence-corrected chi connectivity index (χ1v) is 9.34. The molecular weight excluding hydrogens is 324 g/mol. The van der Waals surface area contributed by atoms with Gasteiger partial charge in [0.1, 0.15) is 5.60 Å². The number of carbonyl (C=O) groups excluding carboxylic acids is 1. The molecule has 0 radical (unpaired) electrons. The summed E-state index contributed by atoms with van der Waals surface area (Å²) in [6.45, 7) is 9.82. The average molecular weight is 354 g/mol. The number of esters is 1. The first-order chi connectivity index (χ1) is 12.2. The number of nitrogens with zero attached hydrogens (tertiary/aromatic N) is 1. The Kier molecular flexibility index (Phi) is 6.47. The summed E-state index contributed by atoms with van der Waals surface area (Å²) < 4.78 is 5.34. The van der Waals surface area contributed by atoms with E-state index in [2.05, 4.69) is 18.3 Å². The lowest BCUT2D eigenvalue weighted by Crippen LogP contribution is -2.30. The monoisotopic (exact) mass is 354 g/mol. The van der Waals surface area contributed by atoms with Gasteiger partial charge in [0.15, 0.2) is 0 Å². The number of carbonyl (C=O) groups is 1. The Bertz CT molecular complexity index is 710. The minimum Gasteiger partial charge on any atom is -0.457 e. The molecule has 0 heterocycles. The van der Waals surface area contributed by atoms with Crippen molar-refractivity contribution in [1.82, 2.24) is 0 Å². The van der Waals surface area contributed by atoms with Gasteiger partial charge in [0, 0.05) is 17.8 Å². The first kappa shape index (κ1) is 20.0. The molecule has 0 bridgehead atoms. The summed E-state index contributed by atoms with van der Waals surface area (Å²) in [6, 6.07) is 8.50. The van der Waals surface area contributed by atoms with E-state index in [-0.39, 0.29) is 5.97 Å². The lowest BCUT2D eigenvalue weighted by atomic mass is 9.79. The van der Waals surface area contributed by atoms with Gasteiger partial charge in [0.25, 0.3) is 0 Å². The number of allylic oxidation sites excluding steroid dienone is 1. The highest BCUT2D eigenvalue weighted by molar-refractivity contribution is 5.82. The van der Waals surface area contributed by atoms with Crippen LogP contribution < -0.4 is 5.32 Å². The lowest BCUT2D eigenvalue weighted by Gasteiger charge is -2.33. The van der Waals surface area contributed by atoms with Crippen LogP contribution in [-0.2, 0) is 9.53 Å². The summed E-state index contributed by atoms with van der Waals surface area (Å²) >= 11 is 0. The van der Waals surface area contributed by atoms with Gasteiger partial charge in [-0.25, -0.2) is 4.79 Å². The number of nitriles is 1. The maximum atomic E-state index is 11.9. The van der Waals surface area contributed by atoms with E-state index in [9.17, 15) is 10.1 Å². The zero-order chi connectivity index (χ0) is 19.3. The predicted molar refractivity (Wildman–Crippen MR) is 105 cm³/mol. The van der Waals surface area contributed by atoms with Crippen molar-refractivity contribution in [1.29, 1.82) is 5.26 Å². The third-order valence-electron chi connectivity index (χ3n) is 4.62. The highest BCUT2D eigenvalue weighted by Crippen LogP contribution is 2.32. The van der Waals surface area contributed by atoms with Gasteiger partial charge < -0.3 is 10.1 Å². The molecule has 3 atom stereocenters. The van der Waals surface area contributed by atoms with Crippen LogP contribution in [0, 0.1) is 30.1 Å². The van der Waals surface area contributed by atoms with Gasteiger partial charge in [0.2, 0.25) is 0 Å². The second-order valence-electron chi connectivity index (χ2n) is 8.45. The van der Waals surface area contributed by atoms with Crippen molar-refractivity contribution in [3.05, 3.63) is 41.5 Å². The van der Waals surface area contributed by atoms with Crippen molar-refractivity contribution in [2.24, 2.45) is 11.8 Å². The molecule has 0 amide bonds. The Hall–Kier alpha value is -2.28. The Morgan fingerprint density at radius 1 is 1.31 bits per heavy atom. The van der Waals surface area contributed by atoms with Gasteiger partial charge in [-0.1, -0.05) is 19.1 Å². The molecule has 140 valence electrons. The molecule has 0 spiro atoms. The number of anilines is 1. The van der Waals surface area contributed by atoms with Gasteiger partial charge in [-0.2, -0.15) is 5.26 Å². The first-order valence-electron chi connectivity index (χ1n) is 9.34. The fourth-order valence-corrected chi connectivity index (χ4v) is 3.55. The van der Waals surface area contributed by atoms with Crippen LogP contribution in [0.4, 0.5) is 5.69 Å². The fourth-order valence-electron chi connectivity index (χ4n) is 3.55. The highest BCUT2D eigenvalue weighted by Gasteiger charge is 2.25. The molecule has 1 fully saturated rings. The van der Waals surface area contributed by atoms with Crippen LogP contribution in [-0.4, -0.2) is 17.6 Å². The number of hydrogen-bond acceptors (Lipinski definition) is 4. The van der Waals surface area contributed by atoms with Gasteiger partial charge in [0.05, 0.1) is 11.6 Å².